The van der Waals surface area contributed by atoms with Crippen molar-refractivity contribution in [3.8, 4) is 5.69 Å². The molecule has 0 saturated heterocycles. The minimum atomic E-state index is 0. The zero-order valence-electron chi connectivity index (χ0n) is 13.0. The van der Waals surface area contributed by atoms with Gasteiger partial charge in [0.1, 0.15) is 6.33 Å². The number of aromatic nitrogens is 4. The number of hydrogen-bond donors (Lipinski definition) is 3. The number of nitrogens with zero attached hydrogens (tertiary/aromatic N) is 4. The van der Waals surface area contributed by atoms with Gasteiger partial charge in [0, 0.05) is 12.2 Å². The van der Waals surface area contributed by atoms with E-state index in [1.807, 2.05) is 24.3 Å². The highest BCUT2D eigenvalue weighted by atomic mass is 35.5. The number of fused-ring (bicyclic) bond motifs is 1. The molecule has 1 aromatic carbocycles. The normalized spacial score (nSPS) is 10.6. The third-order valence-corrected chi connectivity index (χ3v) is 3.31. The molecule has 0 unspecified atom stereocenters. The van der Waals surface area contributed by atoms with E-state index in [9.17, 15) is 0 Å². The number of nitrogen functional groups attached to an aromatic ring is 1. The number of halogens is 1. The van der Waals surface area contributed by atoms with Crippen LogP contribution >= 0.6 is 12.4 Å². The number of hydrazine groups is 1. The van der Waals surface area contributed by atoms with Crippen LogP contribution in [-0.2, 0) is 0 Å². The van der Waals surface area contributed by atoms with Crippen LogP contribution in [0.5, 0.6) is 0 Å². The Labute approximate surface area is 140 Å². The smallest absolute Gasteiger partial charge is 0.168 e. The van der Waals surface area contributed by atoms with Crippen molar-refractivity contribution in [2.75, 3.05) is 17.3 Å². The molecule has 7 nitrogen and oxygen atoms in total. The topological polar surface area (TPSA) is 93.7 Å². The van der Waals surface area contributed by atoms with Gasteiger partial charge in [0.2, 0.25) is 0 Å². The Kier molecular flexibility index (Phi) is 5.36. The zero-order valence-corrected chi connectivity index (χ0v) is 13.8. The van der Waals surface area contributed by atoms with Gasteiger partial charge in [-0.15, -0.1) is 12.4 Å². The average Bonchev–Trinajstić information content (AvgIpc) is 2.97. The quantitative estimate of drug-likeness (QED) is 0.491. The maximum Gasteiger partial charge on any atom is 0.168 e. The van der Waals surface area contributed by atoms with E-state index in [1.54, 1.807) is 10.9 Å². The van der Waals surface area contributed by atoms with Gasteiger partial charge in [0.05, 0.1) is 17.3 Å². The number of nitrogens with one attached hydrogen (secondary N) is 2. The molecule has 0 fully saturated rings. The van der Waals surface area contributed by atoms with Crippen molar-refractivity contribution >= 4 is 34.9 Å². The van der Waals surface area contributed by atoms with Gasteiger partial charge in [-0.2, -0.15) is 5.10 Å². The highest BCUT2D eigenvalue weighted by Gasteiger charge is 2.10. The Morgan fingerprint density at radius 2 is 2.09 bits per heavy atom. The first-order valence-corrected chi connectivity index (χ1v) is 7.18. The Morgan fingerprint density at radius 1 is 1.26 bits per heavy atom. The second-order valence-corrected chi connectivity index (χ2v) is 5.49. The molecule has 3 aromatic rings. The first-order chi connectivity index (χ1) is 10.7. The maximum absolute atomic E-state index is 5.47. The summed E-state index contributed by atoms with van der Waals surface area (Å²) >= 11 is 0. The van der Waals surface area contributed by atoms with Crippen LogP contribution in [0.1, 0.15) is 13.8 Å². The molecule has 2 heterocycles. The van der Waals surface area contributed by atoms with Gasteiger partial charge in [0.25, 0.3) is 0 Å². The fourth-order valence-corrected chi connectivity index (χ4v) is 2.22. The van der Waals surface area contributed by atoms with E-state index in [2.05, 4.69) is 39.7 Å². The van der Waals surface area contributed by atoms with Crippen LogP contribution in [0.3, 0.4) is 0 Å². The predicted molar refractivity (Wildman–Crippen MR) is 95.0 cm³/mol. The van der Waals surface area contributed by atoms with Crippen LogP contribution < -0.4 is 16.6 Å². The molecule has 4 N–H and O–H groups in total. The van der Waals surface area contributed by atoms with Gasteiger partial charge in [-0.3, -0.25) is 0 Å². The lowest BCUT2D eigenvalue weighted by Gasteiger charge is -2.10. The SMILES string of the molecule is CC(C)CNc1cccc(-n2ncc3c(NN)ncnc32)c1.Cl. The summed E-state index contributed by atoms with van der Waals surface area (Å²) in [6, 6.07) is 8.07. The molecule has 0 spiro atoms. The average molecular weight is 334 g/mol. The zero-order chi connectivity index (χ0) is 15.5. The van der Waals surface area contributed by atoms with Gasteiger partial charge < -0.3 is 10.7 Å². The minimum absolute atomic E-state index is 0. The maximum atomic E-state index is 5.47. The van der Waals surface area contributed by atoms with E-state index < -0.39 is 0 Å². The number of rotatable bonds is 5. The number of benzene rings is 1. The lowest BCUT2D eigenvalue weighted by atomic mass is 10.2. The molecular weight excluding hydrogens is 314 g/mol. The molecule has 0 radical (unpaired) electrons. The lowest BCUT2D eigenvalue weighted by molar-refractivity contribution is 0.689. The summed E-state index contributed by atoms with van der Waals surface area (Å²) in [6.07, 6.45) is 3.18. The summed E-state index contributed by atoms with van der Waals surface area (Å²) in [6.45, 7) is 5.28. The fourth-order valence-electron chi connectivity index (χ4n) is 2.22. The van der Waals surface area contributed by atoms with Gasteiger partial charge in [0.15, 0.2) is 11.5 Å². The summed E-state index contributed by atoms with van der Waals surface area (Å²) < 4.78 is 1.78. The standard InChI is InChI=1S/C15H19N7.ClH/c1-10(2)7-17-11-4-3-5-12(6-11)22-15-13(8-20-22)14(21-16)18-9-19-15;/h3-6,8-10,17H,7,16H2,1-2H3,(H,18,19,21);1H. The Morgan fingerprint density at radius 3 is 2.83 bits per heavy atom. The van der Waals surface area contributed by atoms with E-state index in [0.717, 1.165) is 23.3 Å². The summed E-state index contributed by atoms with van der Waals surface area (Å²) in [5, 5.41) is 8.60. The summed E-state index contributed by atoms with van der Waals surface area (Å²) in [5.41, 5.74) is 5.27. The predicted octanol–water partition coefficient (Wildman–Crippen LogP) is 2.59. The van der Waals surface area contributed by atoms with E-state index >= 15 is 0 Å². The molecule has 0 aliphatic carbocycles. The van der Waals surface area contributed by atoms with Crippen molar-refractivity contribution in [1.29, 1.82) is 0 Å². The van der Waals surface area contributed by atoms with Crippen molar-refractivity contribution < 1.29 is 0 Å². The number of anilines is 2. The van der Waals surface area contributed by atoms with E-state index in [0.29, 0.717) is 17.4 Å². The van der Waals surface area contributed by atoms with Crippen LogP contribution in [0.25, 0.3) is 16.7 Å². The Balaban J connectivity index is 0.00000192. The molecule has 0 amide bonds. The summed E-state index contributed by atoms with van der Waals surface area (Å²) in [4.78, 5) is 8.39. The third kappa shape index (κ3) is 3.52. The molecule has 0 aliphatic rings. The molecule has 122 valence electrons. The van der Waals surface area contributed by atoms with Crippen LogP contribution in [0.4, 0.5) is 11.5 Å². The van der Waals surface area contributed by atoms with E-state index in [4.69, 9.17) is 5.84 Å². The molecule has 0 saturated carbocycles. The van der Waals surface area contributed by atoms with Gasteiger partial charge in [-0.05, 0) is 24.1 Å². The summed E-state index contributed by atoms with van der Waals surface area (Å²) in [7, 11) is 0. The van der Waals surface area contributed by atoms with E-state index in [-0.39, 0.29) is 12.4 Å². The highest BCUT2D eigenvalue weighted by Crippen LogP contribution is 2.22. The van der Waals surface area contributed by atoms with Gasteiger partial charge in [-0.25, -0.2) is 20.5 Å². The number of hydrogen-bond acceptors (Lipinski definition) is 6. The van der Waals surface area contributed by atoms with Crippen molar-refractivity contribution in [2.45, 2.75) is 13.8 Å². The lowest BCUT2D eigenvalue weighted by Crippen LogP contribution is -2.09. The second kappa shape index (κ2) is 7.26. The largest absolute Gasteiger partial charge is 0.385 e. The molecule has 0 bridgehead atoms. The van der Waals surface area contributed by atoms with Gasteiger partial charge >= 0.3 is 0 Å². The minimum Gasteiger partial charge on any atom is -0.385 e. The molecule has 8 heteroatoms. The molecule has 23 heavy (non-hydrogen) atoms. The third-order valence-electron chi connectivity index (χ3n) is 3.31. The van der Waals surface area contributed by atoms with Crippen molar-refractivity contribution in [3.05, 3.63) is 36.8 Å². The van der Waals surface area contributed by atoms with Crippen LogP contribution in [0.2, 0.25) is 0 Å². The molecule has 0 aliphatic heterocycles. The molecule has 0 atom stereocenters. The van der Waals surface area contributed by atoms with Crippen LogP contribution in [0, 0.1) is 5.92 Å². The highest BCUT2D eigenvalue weighted by molar-refractivity contribution is 5.87. The number of nitrogens with two attached hydrogens (primary N) is 1. The first-order valence-electron chi connectivity index (χ1n) is 7.18. The van der Waals surface area contributed by atoms with Crippen LogP contribution in [-0.4, -0.2) is 26.3 Å². The molecular formula is C15H20ClN7. The second-order valence-electron chi connectivity index (χ2n) is 5.49. The fraction of sp³-hybridized carbons (Fsp3) is 0.267. The Hall–Kier alpha value is -2.38. The molecule has 3 rings (SSSR count). The van der Waals surface area contributed by atoms with Crippen LogP contribution in [0.15, 0.2) is 36.8 Å². The van der Waals surface area contributed by atoms with Gasteiger partial charge in [-0.1, -0.05) is 19.9 Å². The van der Waals surface area contributed by atoms with Crippen molar-refractivity contribution in [2.24, 2.45) is 11.8 Å². The summed E-state index contributed by atoms with van der Waals surface area (Å²) in [5.74, 6) is 6.61. The van der Waals surface area contributed by atoms with E-state index in [1.165, 1.54) is 6.33 Å². The first kappa shape index (κ1) is 17.0. The Bertz CT molecular complexity index is 784. The molecule has 2 aromatic heterocycles. The van der Waals surface area contributed by atoms with Crippen molar-refractivity contribution in [3.63, 3.8) is 0 Å². The monoisotopic (exact) mass is 333 g/mol. The van der Waals surface area contributed by atoms with Crippen molar-refractivity contribution in [1.82, 2.24) is 19.7 Å².